The number of nitrogens with one attached hydrogen (secondary N) is 2. The van der Waals surface area contributed by atoms with Crippen LogP contribution in [0.25, 0.3) is 11.0 Å². The number of benzene rings is 2. The molecule has 206 valence electrons. The summed E-state index contributed by atoms with van der Waals surface area (Å²) in [4.78, 5) is 18.4. The Morgan fingerprint density at radius 2 is 1.92 bits per heavy atom. The molecule has 0 radical (unpaired) electrons. The lowest BCUT2D eigenvalue weighted by molar-refractivity contribution is -0.175. The van der Waals surface area contributed by atoms with Crippen molar-refractivity contribution in [2.45, 2.75) is 51.9 Å². The van der Waals surface area contributed by atoms with E-state index in [0.29, 0.717) is 40.7 Å². The van der Waals surface area contributed by atoms with E-state index < -0.39 is 23.8 Å². The number of alkyl halides is 3. The first kappa shape index (κ1) is 28.2. The van der Waals surface area contributed by atoms with Crippen LogP contribution in [-0.4, -0.2) is 40.5 Å². The Hall–Kier alpha value is -2.85. The topological polar surface area (TPSA) is 71.4 Å². The van der Waals surface area contributed by atoms with Crippen molar-refractivity contribution >= 4 is 57.7 Å². The summed E-state index contributed by atoms with van der Waals surface area (Å²) < 4.78 is 47.0. The van der Waals surface area contributed by atoms with Crippen LogP contribution in [0.4, 0.5) is 35.3 Å². The molecule has 3 aromatic rings. The molecule has 2 N–H and O–H groups in total. The van der Waals surface area contributed by atoms with E-state index in [1.165, 1.54) is 0 Å². The second-order valence-electron chi connectivity index (χ2n) is 10.4. The molecular formula is C26H30Cl2F3N5O2. The number of rotatable bonds is 5. The molecule has 12 heteroatoms. The Labute approximate surface area is 229 Å². The van der Waals surface area contributed by atoms with Crippen molar-refractivity contribution in [1.82, 2.24) is 14.9 Å². The van der Waals surface area contributed by atoms with Crippen LogP contribution in [0.3, 0.4) is 0 Å². The highest BCUT2D eigenvalue weighted by Gasteiger charge is 2.41. The Bertz CT molecular complexity index is 1340. The van der Waals surface area contributed by atoms with Crippen LogP contribution in [0, 0.1) is 5.92 Å². The summed E-state index contributed by atoms with van der Waals surface area (Å²) >= 11 is 12.8. The van der Waals surface area contributed by atoms with Crippen LogP contribution in [0.5, 0.6) is 0 Å². The number of imidazole rings is 1. The molecule has 0 saturated carbocycles. The number of carbonyl (C=O) groups is 1. The van der Waals surface area contributed by atoms with Crippen LogP contribution in [0.1, 0.15) is 39.2 Å². The second-order valence-corrected chi connectivity index (χ2v) is 11.2. The molecule has 0 unspecified atom stereocenters. The Morgan fingerprint density at radius 3 is 2.61 bits per heavy atom. The van der Waals surface area contributed by atoms with Gasteiger partial charge in [-0.25, -0.2) is 9.78 Å². The summed E-state index contributed by atoms with van der Waals surface area (Å²) in [7, 11) is 1.81. The van der Waals surface area contributed by atoms with Crippen molar-refractivity contribution in [1.29, 1.82) is 0 Å². The van der Waals surface area contributed by atoms with Gasteiger partial charge in [0.15, 0.2) is 0 Å². The van der Waals surface area contributed by atoms with Gasteiger partial charge in [0.1, 0.15) is 5.60 Å². The number of halogens is 5. The van der Waals surface area contributed by atoms with Crippen LogP contribution in [0.2, 0.25) is 10.0 Å². The third kappa shape index (κ3) is 6.58. The molecule has 2 aromatic carbocycles. The molecule has 1 atom stereocenters. The van der Waals surface area contributed by atoms with Gasteiger partial charge in [-0.1, -0.05) is 23.2 Å². The zero-order valence-electron chi connectivity index (χ0n) is 21.5. The van der Waals surface area contributed by atoms with E-state index in [9.17, 15) is 18.0 Å². The van der Waals surface area contributed by atoms with Crippen molar-refractivity contribution in [2.24, 2.45) is 13.0 Å². The number of aromatic nitrogens is 2. The minimum Gasteiger partial charge on any atom is -0.444 e. The average Bonchev–Trinajstić information content (AvgIpc) is 3.13. The first-order valence-electron chi connectivity index (χ1n) is 12.2. The largest absolute Gasteiger partial charge is 0.444 e. The number of alkyl carbamates (subject to hydrolysis) is 1. The average molecular weight is 572 g/mol. The molecule has 1 aliphatic heterocycles. The van der Waals surface area contributed by atoms with Crippen molar-refractivity contribution in [3.05, 3.63) is 45.9 Å². The van der Waals surface area contributed by atoms with Gasteiger partial charge in [-0.15, -0.1) is 0 Å². The number of hydrogen-bond donors (Lipinski definition) is 2. The van der Waals surface area contributed by atoms with Crippen LogP contribution >= 0.6 is 23.2 Å². The summed E-state index contributed by atoms with van der Waals surface area (Å²) in [5.41, 5.74) is 2.71. The lowest BCUT2D eigenvalue weighted by Gasteiger charge is -2.35. The van der Waals surface area contributed by atoms with E-state index in [4.69, 9.17) is 27.9 Å². The predicted molar refractivity (Wildman–Crippen MR) is 145 cm³/mol. The summed E-state index contributed by atoms with van der Waals surface area (Å²) in [6.07, 6.45) is -4.13. The zero-order valence-corrected chi connectivity index (χ0v) is 23.1. The maximum atomic E-state index is 13.3. The third-order valence-electron chi connectivity index (χ3n) is 6.28. The maximum absolute atomic E-state index is 13.3. The highest BCUT2D eigenvalue weighted by molar-refractivity contribution is 6.43. The van der Waals surface area contributed by atoms with Gasteiger partial charge in [0.25, 0.3) is 0 Å². The quantitative estimate of drug-likeness (QED) is 0.333. The number of nitrogens with zero attached hydrogens (tertiary/aromatic N) is 3. The number of hydrogen-bond acceptors (Lipinski definition) is 5. The Morgan fingerprint density at radius 1 is 1.18 bits per heavy atom. The molecule has 1 amide bonds. The summed E-state index contributed by atoms with van der Waals surface area (Å²) in [6, 6.07) is 8.84. The van der Waals surface area contributed by atoms with E-state index in [0.717, 1.165) is 11.2 Å². The van der Waals surface area contributed by atoms with Crippen molar-refractivity contribution in [2.75, 3.05) is 23.3 Å². The number of carbonyl (C=O) groups excluding carboxylic acids is 1. The van der Waals surface area contributed by atoms with Gasteiger partial charge in [-0.05, 0) is 69.5 Å². The molecule has 38 heavy (non-hydrogen) atoms. The van der Waals surface area contributed by atoms with Crippen molar-refractivity contribution in [3.63, 3.8) is 0 Å². The fourth-order valence-electron chi connectivity index (χ4n) is 4.41. The molecule has 1 aromatic heterocycles. The normalized spacial score (nSPS) is 16.6. The highest BCUT2D eigenvalue weighted by Crippen LogP contribution is 2.37. The van der Waals surface area contributed by atoms with Gasteiger partial charge in [0.2, 0.25) is 5.95 Å². The monoisotopic (exact) mass is 571 g/mol. The predicted octanol–water partition coefficient (Wildman–Crippen LogP) is 7.43. The molecule has 4 rings (SSSR count). The molecule has 0 spiro atoms. The minimum absolute atomic E-state index is 0.0593. The molecule has 7 nitrogen and oxygen atoms in total. The standard InChI is InChI=1S/C26H30Cl2F3N5O2/c1-25(2,3)38-24(37)32-13-15-10-18(27)22(28)20(11-15)34-23-33-19-8-7-17(12-21(19)35(23)4)36-9-5-6-16(14-36)26(29,30)31/h7-8,10-12,16H,5-6,9,13-14H2,1-4H3,(H,32,37)(H,33,34)/t16-/m1/s1. The van der Waals surface area contributed by atoms with E-state index in [-0.39, 0.29) is 24.5 Å². The van der Waals surface area contributed by atoms with Gasteiger partial charge in [0, 0.05) is 32.4 Å². The molecule has 0 bridgehead atoms. The number of amides is 1. The van der Waals surface area contributed by atoms with Crippen LogP contribution in [0.15, 0.2) is 30.3 Å². The number of anilines is 3. The van der Waals surface area contributed by atoms with E-state index >= 15 is 0 Å². The van der Waals surface area contributed by atoms with E-state index in [1.807, 2.05) is 6.07 Å². The van der Waals surface area contributed by atoms with Gasteiger partial charge in [0.05, 0.1) is 32.7 Å². The Balaban J connectivity index is 1.54. The second kappa shape index (κ2) is 10.7. The maximum Gasteiger partial charge on any atom is 0.407 e. The molecule has 0 aliphatic carbocycles. The van der Waals surface area contributed by atoms with Crippen LogP contribution < -0.4 is 15.5 Å². The third-order valence-corrected chi connectivity index (χ3v) is 7.09. The molecule has 1 fully saturated rings. The summed E-state index contributed by atoms with van der Waals surface area (Å²) in [5, 5.41) is 6.46. The zero-order chi connectivity index (χ0) is 27.8. The first-order valence-corrected chi connectivity index (χ1v) is 13.0. The van der Waals surface area contributed by atoms with Gasteiger partial charge in [-0.3, -0.25) is 0 Å². The smallest absolute Gasteiger partial charge is 0.407 e. The fraction of sp³-hybridized carbons (Fsp3) is 0.462. The molecule has 1 aliphatic rings. The van der Waals surface area contributed by atoms with E-state index in [2.05, 4.69) is 15.6 Å². The van der Waals surface area contributed by atoms with Gasteiger partial charge >= 0.3 is 12.3 Å². The molecular weight excluding hydrogens is 542 g/mol. The Kier molecular flexibility index (Phi) is 7.95. The van der Waals surface area contributed by atoms with Crippen molar-refractivity contribution < 1.29 is 22.7 Å². The van der Waals surface area contributed by atoms with Gasteiger partial charge in [-0.2, -0.15) is 13.2 Å². The number of ether oxygens (including phenoxy) is 1. The lowest BCUT2D eigenvalue weighted by atomic mass is 9.97. The summed E-state index contributed by atoms with van der Waals surface area (Å²) in [6.45, 7) is 6.01. The highest BCUT2D eigenvalue weighted by atomic mass is 35.5. The minimum atomic E-state index is -4.20. The lowest BCUT2D eigenvalue weighted by Crippen LogP contribution is -2.41. The van der Waals surface area contributed by atoms with Crippen LogP contribution in [-0.2, 0) is 18.3 Å². The summed E-state index contributed by atoms with van der Waals surface area (Å²) in [5.74, 6) is -0.862. The number of fused-ring (bicyclic) bond motifs is 1. The molecule has 1 saturated heterocycles. The van der Waals surface area contributed by atoms with Gasteiger partial charge < -0.3 is 24.8 Å². The first-order chi connectivity index (χ1) is 17.7. The molecule has 2 heterocycles. The number of piperidine rings is 1. The van der Waals surface area contributed by atoms with Crippen molar-refractivity contribution in [3.8, 4) is 0 Å². The number of aryl methyl sites for hydroxylation is 1. The fourth-order valence-corrected chi connectivity index (χ4v) is 4.81. The van der Waals surface area contributed by atoms with E-state index in [1.54, 1.807) is 61.6 Å². The SMILES string of the molecule is Cn1c(Nc2cc(CNC(=O)OC(C)(C)C)cc(Cl)c2Cl)nc2ccc(N3CCC[C@@H](C(F)(F)F)C3)cc21.